The Hall–Kier alpha value is -1.84. The smallest absolute Gasteiger partial charge is 0.225 e. The van der Waals surface area contributed by atoms with Crippen molar-refractivity contribution in [3.63, 3.8) is 0 Å². The molecule has 1 aliphatic rings. The first-order valence-corrected chi connectivity index (χ1v) is 7.23. The van der Waals surface area contributed by atoms with Crippen LogP contribution in [-0.2, 0) is 9.59 Å². The molecule has 1 fully saturated rings. The summed E-state index contributed by atoms with van der Waals surface area (Å²) >= 11 is 0. The quantitative estimate of drug-likeness (QED) is 0.914. The zero-order chi connectivity index (χ0) is 14.5. The van der Waals surface area contributed by atoms with Crippen LogP contribution in [-0.4, -0.2) is 30.3 Å². The average Bonchev–Trinajstić information content (AvgIpc) is 2.48. The zero-order valence-electron chi connectivity index (χ0n) is 12.1. The van der Waals surface area contributed by atoms with E-state index in [1.807, 2.05) is 37.3 Å². The Bertz CT molecular complexity index is 473. The van der Waals surface area contributed by atoms with Gasteiger partial charge in [-0.15, -0.1) is 0 Å². The van der Waals surface area contributed by atoms with Crippen molar-refractivity contribution < 1.29 is 9.59 Å². The van der Waals surface area contributed by atoms with E-state index in [0.29, 0.717) is 19.4 Å². The Balaban J connectivity index is 2.24. The normalized spacial score (nSPS) is 22.7. The first-order chi connectivity index (χ1) is 9.65. The molecule has 0 aliphatic carbocycles. The number of rotatable bonds is 4. The first-order valence-electron chi connectivity index (χ1n) is 7.23. The molecule has 0 bridgehead atoms. The monoisotopic (exact) mass is 274 g/mol. The third-order valence-corrected chi connectivity index (χ3v) is 3.89. The maximum atomic E-state index is 12.3. The standard InChI is InChI=1S/C16H22N2O2/c1-3-11-17-16(20)13-9-10-14(19)18(2)15(13)12-7-5-4-6-8-12/h4-8,13,15H,3,9-11H2,1-2H3,(H,17,20)/t13-,15-/m0/s1. The number of likely N-dealkylation sites (tertiary alicyclic amines) is 1. The number of benzene rings is 1. The van der Waals surface area contributed by atoms with E-state index >= 15 is 0 Å². The van der Waals surface area contributed by atoms with E-state index in [1.165, 1.54) is 0 Å². The molecular formula is C16H22N2O2. The molecular weight excluding hydrogens is 252 g/mol. The Kier molecular flexibility index (Phi) is 4.77. The molecule has 0 aromatic heterocycles. The van der Waals surface area contributed by atoms with Gasteiger partial charge < -0.3 is 10.2 Å². The highest BCUT2D eigenvalue weighted by atomic mass is 16.2. The number of hydrogen-bond donors (Lipinski definition) is 1. The lowest BCUT2D eigenvalue weighted by molar-refractivity contribution is -0.141. The van der Waals surface area contributed by atoms with Gasteiger partial charge in [0, 0.05) is 20.0 Å². The highest BCUT2D eigenvalue weighted by molar-refractivity contribution is 5.84. The third kappa shape index (κ3) is 3.00. The summed E-state index contributed by atoms with van der Waals surface area (Å²) in [5.74, 6) is 0.00472. The van der Waals surface area contributed by atoms with Crippen molar-refractivity contribution in [2.24, 2.45) is 5.92 Å². The number of amides is 2. The SMILES string of the molecule is CCCNC(=O)[C@H]1CCC(=O)N(C)[C@H]1c1ccccc1. The summed E-state index contributed by atoms with van der Waals surface area (Å²) in [5, 5.41) is 2.96. The van der Waals surface area contributed by atoms with Crippen LogP contribution >= 0.6 is 0 Å². The van der Waals surface area contributed by atoms with Crippen molar-refractivity contribution in [3.8, 4) is 0 Å². The summed E-state index contributed by atoms with van der Waals surface area (Å²) < 4.78 is 0. The summed E-state index contributed by atoms with van der Waals surface area (Å²) in [5.41, 5.74) is 1.03. The first kappa shape index (κ1) is 14.6. The Morgan fingerprint density at radius 1 is 1.35 bits per heavy atom. The maximum Gasteiger partial charge on any atom is 0.225 e. The maximum absolute atomic E-state index is 12.3. The Morgan fingerprint density at radius 3 is 2.70 bits per heavy atom. The van der Waals surface area contributed by atoms with Crippen molar-refractivity contribution in [1.29, 1.82) is 0 Å². The molecule has 1 aliphatic heterocycles. The lowest BCUT2D eigenvalue weighted by atomic mass is 9.84. The van der Waals surface area contributed by atoms with Gasteiger partial charge in [0.1, 0.15) is 0 Å². The van der Waals surface area contributed by atoms with Crippen LogP contribution in [0.5, 0.6) is 0 Å². The van der Waals surface area contributed by atoms with Gasteiger partial charge in [0.15, 0.2) is 0 Å². The summed E-state index contributed by atoms with van der Waals surface area (Å²) in [6.45, 7) is 2.72. The van der Waals surface area contributed by atoms with E-state index in [4.69, 9.17) is 0 Å². The number of hydrogen-bond acceptors (Lipinski definition) is 2. The van der Waals surface area contributed by atoms with E-state index in [-0.39, 0.29) is 23.8 Å². The van der Waals surface area contributed by atoms with Crippen LogP contribution in [0, 0.1) is 5.92 Å². The van der Waals surface area contributed by atoms with Crippen molar-refractivity contribution in [2.45, 2.75) is 32.2 Å². The molecule has 0 spiro atoms. The number of carbonyl (C=O) groups excluding carboxylic acids is 2. The van der Waals surface area contributed by atoms with E-state index in [1.54, 1.807) is 11.9 Å². The van der Waals surface area contributed by atoms with Crippen LogP contribution in [0.15, 0.2) is 30.3 Å². The molecule has 0 saturated carbocycles. The number of piperidine rings is 1. The van der Waals surface area contributed by atoms with Crippen molar-refractivity contribution in [1.82, 2.24) is 10.2 Å². The van der Waals surface area contributed by atoms with Gasteiger partial charge in [-0.1, -0.05) is 37.3 Å². The lowest BCUT2D eigenvalue weighted by Gasteiger charge is -2.38. The van der Waals surface area contributed by atoms with Gasteiger partial charge in [-0.25, -0.2) is 0 Å². The lowest BCUT2D eigenvalue weighted by Crippen LogP contribution is -2.46. The van der Waals surface area contributed by atoms with Crippen LogP contribution in [0.3, 0.4) is 0 Å². The Labute approximate surface area is 120 Å². The molecule has 20 heavy (non-hydrogen) atoms. The number of carbonyl (C=O) groups is 2. The predicted octanol–water partition coefficient (Wildman–Crippen LogP) is 2.12. The Morgan fingerprint density at radius 2 is 2.05 bits per heavy atom. The molecule has 108 valence electrons. The minimum absolute atomic E-state index is 0.0556. The number of nitrogens with zero attached hydrogens (tertiary/aromatic N) is 1. The van der Waals surface area contributed by atoms with Gasteiger partial charge in [-0.3, -0.25) is 9.59 Å². The summed E-state index contributed by atoms with van der Waals surface area (Å²) in [4.78, 5) is 26.0. The molecule has 1 aromatic rings. The molecule has 0 radical (unpaired) electrons. The highest BCUT2D eigenvalue weighted by Gasteiger charge is 2.38. The van der Waals surface area contributed by atoms with Crippen molar-refractivity contribution >= 4 is 11.8 Å². The molecule has 4 heteroatoms. The van der Waals surface area contributed by atoms with Crippen LogP contribution in [0.1, 0.15) is 37.8 Å². The molecule has 1 saturated heterocycles. The molecule has 0 unspecified atom stereocenters. The van der Waals surface area contributed by atoms with Gasteiger partial charge in [-0.05, 0) is 18.4 Å². The molecule has 2 amide bonds. The number of nitrogens with one attached hydrogen (secondary N) is 1. The van der Waals surface area contributed by atoms with E-state index in [0.717, 1.165) is 12.0 Å². The fourth-order valence-electron chi connectivity index (χ4n) is 2.80. The highest BCUT2D eigenvalue weighted by Crippen LogP contribution is 2.35. The largest absolute Gasteiger partial charge is 0.356 e. The van der Waals surface area contributed by atoms with Crippen LogP contribution in [0.2, 0.25) is 0 Å². The minimum atomic E-state index is -0.161. The van der Waals surface area contributed by atoms with Gasteiger partial charge in [-0.2, -0.15) is 0 Å². The van der Waals surface area contributed by atoms with Gasteiger partial charge in [0.05, 0.1) is 12.0 Å². The van der Waals surface area contributed by atoms with Crippen LogP contribution in [0.25, 0.3) is 0 Å². The van der Waals surface area contributed by atoms with E-state index in [2.05, 4.69) is 5.32 Å². The topological polar surface area (TPSA) is 49.4 Å². The van der Waals surface area contributed by atoms with Crippen molar-refractivity contribution in [2.75, 3.05) is 13.6 Å². The van der Waals surface area contributed by atoms with Gasteiger partial charge in [0.2, 0.25) is 11.8 Å². The van der Waals surface area contributed by atoms with E-state index in [9.17, 15) is 9.59 Å². The van der Waals surface area contributed by atoms with Crippen LogP contribution < -0.4 is 5.32 Å². The molecule has 2 rings (SSSR count). The van der Waals surface area contributed by atoms with Gasteiger partial charge in [0.25, 0.3) is 0 Å². The predicted molar refractivity (Wildman–Crippen MR) is 78.0 cm³/mol. The second-order valence-corrected chi connectivity index (χ2v) is 5.30. The van der Waals surface area contributed by atoms with Gasteiger partial charge >= 0.3 is 0 Å². The minimum Gasteiger partial charge on any atom is -0.356 e. The fourth-order valence-corrected chi connectivity index (χ4v) is 2.80. The zero-order valence-corrected chi connectivity index (χ0v) is 12.1. The third-order valence-electron chi connectivity index (χ3n) is 3.89. The molecule has 4 nitrogen and oxygen atoms in total. The van der Waals surface area contributed by atoms with Crippen molar-refractivity contribution in [3.05, 3.63) is 35.9 Å². The fraction of sp³-hybridized carbons (Fsp3) is 0.500. The molecule has 2 atom stereocenters. The second-order valence-electron chi connectivity index (χ2n) is 5.30. The van der Waals surface area contributed by atoms with E-state index < -0.39 is 0 Å². The molecule has 1 N–H and O–H groups in total. The second kappa shape index (κ2) is 6.55. The summed E-state index contributed by atoms with van der Waals surface area (Å²) in [6.07, 6.45) is 1.99. The summed E-state index contributed by atoms with van der Waals surface area (Å²) in [7, 11) is 1.79. The van der Waals surface area contributed by atoms with Crippen LogP contribution in [0.4, 0.5) is 0 Å². The summed E-state index contributed by atoms with van der Waals surface area (Å²) in [6, 6.07) is 9.65. The average molecular weight is 274 g/mol. The molecule has 1 aromatic carbocycles. The molecule has 1 heterocycles.